The van der Waals surface area contributed by atoms with Crippen molar-refractivity contribution in [1.82, 2.24) is 0 Å². The zero-order chi connectivity index (χ0) is 70.9. The van der Waals surface area contributed by atoms with Gasteiger partial charge in [0.15, 0.2) is 6.10 Å². The third-order valence-electron chi connectivity index (χ3n) is 17.6. The summed E-state index contributed by atoms with van der Waals surface area (Å²) in [4.78, 5) is 58.5. The maximum Gasteiger partial charge on any atom is 0.472 e. The van der Waals surface area contributed by atoms with Gasteiger partial charge in [-0.2, -0.15) is 0 Å². The molecular formula is C79H148O16P2. The quantitative estimate of drug-likeness (QED) is 0.0146. The summed E-state index contributed by atoms with van der Waals surface area (Å²) in [6.07, 6.45) is 77.5. The second-order valence-electron chi connectivity index (χ2n) is 27.2. The van der Waals surface area contributed by atoms with E-state index in [9.17, 15) is 43.5 Å². The van der Waals surface area contributed by atoms with Crippen molar-refractivity contribution in [2.24, 2.45) is 0 Å². The molecule has 0 rings (SSSR count). The molecule has 0 amide bonds. The minimum Gasteiger partial charge on any atom is -0.463 e. The van der Waals surface area contributed by atoms with E-state index < -0.39 is 91.5 Å². The first-order valence-corrected chi connectivity index (χ1v) is 42.9. The topological polar surface area (TPSA) is 231 Å². The zero-order valence-corrected chi connectivity index (χ0v) is 64.1. The van der Waals surface area contributed by atoms with E-state index >= 15 is 0 Å². The Morgan fingerprint density at radius 2 is 0.515 bits per heavy atom. The molecule has 0 fully saturated rings. The molecule has 0 aromatic carbocycles. The Balaban J connectivity index is 4.32. The number of ether oxygens (including phenoxy) is 3. The average molecular weight is 1420 g/mol. The van der Waals surface area contributed by atoms with Crippen molar-refractivity contribution in [2.75, 3.05) is 39.6 Å². The molecule has 16 nitrogen and oxygen atoms in total. The highest BCUT2D eigenvalue weighted by Gasteiger charge is 2.29. The van der Waals surface area contributed by atoms with E-state index in [1.807, 2.05) is 0 Å². The lowest BCUT2D eigenvalue weighted by Crippen LogP contribution is -2.30. The monoisotopic (exact) mass is 1420 g/mol. The largest absolute Gasteiger partial charge is 0.472 e. The first-order chi connectivity index (χ1) is 47.2. The predicted octanol–water partition coefficient (Wildman–Crippen LogP) is 23.1. The molecule has 0 aromatic rings. The molecule has 18 heteroatoms. The van der Waals surface area contributed by atoms with Crippen molar-refractivity contribution in [2.45, 2.75) is 399 Å². The minimum absolute atomic E-state index is 0.114. The van der Waals surface area contributed by atoms with Gasteiger partial charge in [-0.1, -0.05) is 345 Å². The molecule has 0 aliphatic rings. The molecule has 0 aromatic heterocycles. The highest BCUT2D eigenvalue weighted by molar-refractivity contribution is 7.47. The van der Waals surface area contributed by atoms with Gasteiger partial charge in [-0.15, -0.1) is 0 Å². The Labute approximate surface area is 593 Å². The Bertz CT molecular complexity index is 1960. The van der Waals surface area contributed by atoms with Crippen LogP contribution in [0.5, 0.6) is 0 Å². The van der Waals surface area contributed by atoms with Crippen LogP contribution in [0.25, 0.3) is 0 Å². The van der Waals surface area contributed by atoms with Gasteiger partial charge in [-0.3, -0.25) is 32.5 Å². The normalized spacial score (nSPS) is 14.3. The van der Waals surface area contributed by atoms with E-state index in [-0.39, 0.29) is 19.3 Å². The Hall–Kier alpha value is -2.49. The van der Waals surface area contributed by atoms with E-state index in [2.05, 4.69) is 69.4 Å². The summed E-state index contributed by atoms with van der Waals surface area (Å²) in [5.41, 5.74) is 0. The van der Waals surface area contributed by atoms with Gasteiger partial charge in [0.25, 0.3) is 0 Å². The van der Waals surface area contributed by atoms with E-state index in [1.54, 1.807) is 0 Å². The van der Waals surface area contributed by atoms with Crippen molar-refractivity contribution in [3.8, 4) is 0 Å². The van der Waals surface area contributed by atoms with Crippen LogP contribution in [0.1, 0.15) is 380 Å². The number of carbonyl (C=O) groups is 3. The maximum absolute atomic E-state index is 12.9. The van der Waals surface area contributed by atoms with E-state index in [0.717, 1.165) is 83.5 Å². The van der Waals surface area contributed by atoms with Gasteiger partial charge >= 0.3 is 33.6 Å². The number of hydrogen-bond acceptors (Lipinski definition) is 14. The Kier molecular flexibility index (Phi) is 71.4. The zero-order valence-electron chi connectivity index (χ0n) is 62.3. The van der Waals surface area contributed by atoms with Gasteiger partial charge in [-0.25, -0.2) is 9.13 Å². The lowest BCUT2D eigenvalue weighted by atomic mass is 10.0. The summed E-state index contributed by atoms with van der Waals surface area (Å²) >= 11 is 0. The second kappa shape index (κ2) is 73.3. The molecule has 0 aliphatic heterocycles. The fraction of sp³-hybridized carbons (Fsp3) is 0.861. The summed E-state index contributed by atoms with van der Waals surface area (Å²) in [7, 11) is -9.76. The molecule has 0 radical (unpaired) electrons. The summed E-state index contributed by atoms with van der Waals surface area (Å²) in [6.45, 7) is 2.73. The highest BCUT2D eigenvalue weighted by Crippen LogP contribution is 2.45. The van der Waals surface area contributed by atoms with E-state index in [0.29, 0.717) is 19.3 Å². The third kappa shape index (κ3) is 74.5. The van der Waals surface area contributed by atoms with Gasteiger partial charge in [0.2, 0.25) is 0 Å². The van der Waals surface area contributed by atoms with Crippen molar-refractivity contribution in [1.29, 1.82) is 0 Å². The number of esters is 3. The summed E-state index contributed by atoms with van der Waals surface area (Å²) in [5.74, 6) is -1.54. The lowest BCUT2D eigenvalue weighted by Gasteiger charge is -2.21. The van der Waals surface area contributed by atoms with Gasteiger partial charge in [0.1, 0.15) is 25.4 Å². The number of allylic oxidation sites excluding steroid dienone is 8. The molecule has 97 heavy (non-hydrogen) atoms. The number of phosphoric ester groups is 2. The van der Waals surface area contributed by atoms with Crippen LogP contribution in [0.15, 0.2) is 48.6 Å². The first kappa shape index (κ1) is 94.5. The fourth-order valence-corrected chi connectivity index (χ4v) is 13.0. The van der Waals surface area contributed by atoms with Gasteiger partial charge in [-0.05, 0) is 64.2 Å². The molecular weight excluding hydrogens is 1270 g/mol. The number of carbonyl (C=O) groups excluding carboxylic acids is 3. The van der Waals surface area contributed by atoms with Gasteiger partial charge < -0.3 is 34.2 Å². The number of hydrogen-bond donors (Lipinski definition) is 4. The molecule has 5 atom stereocenters. The summed E-state index contributed by atoms with van der Waals surface area (Å²) in [5, 5.41) is 20.6. The van der Waals surface area contributed by atoms with E-state index in [4.69, 9.17) is 32.3 Å². The fourth-order valence-electron chi connectivity index (χ4n) is 11.4. The average Bonchev–Trinajstić information content (AvgIpc) is 1.49. The molecule has 4 N–H and O–H groups in total. The van der Waals surface area contributed by atoms with Crippen LogP contribution >= 0.6 is 15.6 Å². The van der Waals surface area contributed by atoms with Crippen molar-refractivity contribution >= 4 is 33.6 Å². The summed E-state index contributed by atoms with van der Waals surface area (Å²) in [6, 6.07) is 0. The second-order valence-corrected chi connectivity index (χ2v) is 30.1. The van der Waals surface area contributed by atoms with Crippen LogP contribution in [-0.4, -0.2) is 95.9 Å². The molecule has 0 saturated heterocycles. The van der Waals surface area contributed by atoms with Crippen LogP contribution in [0, 0.1) is 0 Å². The number of aliphatic hydroxyl groups excluding tert-OH is 2. The van der Waals surface area contributed by atoms with E-state index in [1.165, 1.54) is 238 Å². The van der Waals surface area contributed by atoms with Crippen LogP contribution in [0.2, 0.25) is 0 Å². The number of unbranched alkanes of at least 4 members (excludes halogenated alkanes) is 46. The van der Waals surface area contributed by atoms with Gasteiger partial charge in [0, 0.05) is 19.3 Å². The highest BCUT2D eigenvalue weighted by atomic mass is 31.2. The molecule has 0 aliphatic carbocycles. The Morgan fingerprint density at radius 1 is 0.289 bits per heavy atom. The third-order valence-corrected chi connectivity index (χ3v) is 19.5. The first-order valence-electron chi connectivity index (χ1n) is 39.9. The van der Waals surface area contributed by atoms with Crippen LogP contribution in [0.3, 0.4) is 0 Å². The van der Waals surface area contributed by atoms with Crippen LogP contribution < -0.4 is 0 Å². The Morgan fingerprint density at radius 3 is 0.835 bits per heavy atom. The molecule has 0 spiro atoms. The molecule has 5 unspecified atom stereocenters. The summed E-state index contributed by atoms with van der Waals surface area (Å²) < 4.78 is 61.1. The van der Waals surface area contributed by atoms with Crippen molar-refractivity contribution < 1.29 is 75.8 Å². The molecule has 570 valence electrons. The standard InChI is InChI=1S/C79H148O16P2/c1-4-7-10-13-16-19-22-25-27-28-29-30-31-32-33-34-35-36-37-38-39-40-41-42-43-44-46-49-50-53-56-59-62-65-77(82)89-68-74(80)69-91-96(85,86)92-70-75(81)71-93-97(87,88)94-73-76(95-79(84)67-64-61-58-55-52-47-24-21-18-15-12-9-6-3)72-90-78(83)66-63-60-57-54-51-48-45-26-23-20-17-14-11-8-5-2/h16,19,25,27,29-30,32-33,74-76,80-81H,4-15,17-18,20-24,26,28,31,34-73H2,1-3H3,(H,85,86)(H,87,88)/b19-16-,27-25-,30-29-,33-32-. The number of phosphoric acid groups is 2. The number of aliphatic hydroxyl groups is 2. The molecule has 0 heterocycles. The van der Waals surface area contributed by atoms with Gasteiger partial charge in [0.05, 0.1) is 26.4 Å². The SMILES string of the molecule is CCCCC/C=C\C/C=C\C/C=C\C/C=C\CCCCCCCCCCCCCCCCCCCC(=O)OCC(O)COP(=O)(O)OCC(O)COP(=O)(O)OCC(COC(=O)CCCCCCCCCCCCCCCCC)OC(=O)CCCCCCCCCCCCCCC. The lowest BCUT2D eigenvalue weighted by molar-refractivity contribution is -0.161. The van der Waals surface area contributed by atoms with Crippen molar-refractivity contribution in [3.63, 3.8) is 0 Å². The number of rotatable bonds is 77. The van der Waals surface area contributed by atoms with Crippen LogP contribution in [-0.2, 0) is 55.8 Å². The molecule has 0 saturated carbocycles. The minimum atomic E-state index is -4.91. The molecule has 0 bridgehead atoms. The smallest absolute Gasteiger partial charge is 0.463 e. The predicted molar refractivity (Wildman–Crippen MR) is 399 cm³/mol. The van der Waals surface area contributed by atoms with Crippen molar-refractivity contribution in [3.05, 3.63) is 48.6 Å². The maximum atomic E-state index is 12.9. The van der Waals surface area contributed by atoms with Crippen LogP contribution in [0.4, 0.5) is 0 Å².